The van der Waals surface area contributed by atoms with Crippen LogP contribution in [0.1, 0.15) is 34.1 Å². The number of piperidine rings is 1. The Morgan fingerprint density at radius 3 is 2.14 bits per heavy atom. The standard InChI is InChI=1S/C21H40N6O2/c1-16-11-17(2)13-27(12-16)18(28)14-25-7-9-26(10-8-25)20(23-6)24-15-21(3,4)19(29)22-5/h16-17H,7-15H2,1-6H3,(H,22,29)(H,23,24). The number of carbonyl (C=O) groups is 2. The second-order valence-electron chi connectivity index (χ2n) is 9.37. The Morgan fingerprint density at radius 2 is 1.62 bits per heavy atom. The van der Waals surface area contributed by atoms with Crippen LogP contribution < -0.4 is 10.6 Å². The summed E-state index contributed by atoms with van der Waals surface area (Å²) in [6.07, 6.45) is 1.21. The normalized spacial score (nSPS) is 24.4. The van der Waals surface area contributed by atoms with Crippen molar-refractivity contribution in [3.05, 3.63) is 0 Å². The number of guanidine groups is 1. The Kier molecular flexibility index (Phi) is 8.31. The van der Waals surface area contributed by atoms with Gasteiger partial charge >= 0.3 is 0 Å². The summed E-state index contributed by atoms with van der Waals surface area (Å²) in [6.45, 7) is 14.4. The second-order valence-corrected chi connectivity index (χ2v) is 9.37. The Balaban J connectivity index is 1.80. The maximum Gasteiger partial charge on any atom is 0.236 e. The predicted octanol–water partition coefficient (Wildman–Crippen LogP) is 0.456. The molecule has 2 heterocycles. The van der Waals surface area contributed by atoms with E-state index in [0.29, 0.717) is 24.9 Å². The highest BCUT2D eigenvalue weighted by Crippen LogP contribution is 2.21. The van der Waals surface area contributed by atoms with Crippen LogP contribution >= 0.6 is 0 Å². The van der Waals surface area contributed by atoms with Crippen LogP contribution in [0.5, 0.6) is 0 Å². The van der Waals surface area contributed by atoms with Crippen LogP contribution in [-0.2, 0) is 9.59 Å². The summed E-state index contributed by atoms with van der Waals surface area (Å²) >= 11 is 0. The molecule has 166 valence electrons. The zero-order valence-electron chi connectivity index (χ0n) is 19.1. The van der Waals surface area contributed by atoms with Gasteiger partial charge in [0, 0.05) is 59.9 Å². The van der Waals surface area contributed by atoms with E-state index < -0.39 is 5.41 Å². The van der Waals surface area contributed by atoms with Crippen LogP contribution in [0, 0.1) is 17.3 Å². The molecule has 2 N–H and O–H groups in total. The fraction of sp³-hybridized carbons (Fsp3) is 0.857. The highest BCUT2D eigenvalue weighted by atomic mass is 16.2. The van der Waals surface area contributed by atoms with E-state index in [1.807, 2.05) is 18.7 Å². The molecule has 0 aromatic heterocycles. The van der Waals surface area contributed by atoms with E-state index >= 15 is 0 Å². The lowest BCUT2D eigenvalue weighted by Gasteiger charge is -2.39. The molecule has 2 atom stereocenters. The Bertz CT molecular complexity index is 588. The van der Waals surface area contributed by atoms with Crippen LogP contribution in [-0.4, -0.2) is 98.9 Å². The van der Waals surface area contributed by atoms with Crippen molar-refractivity contribution in [1.29, 1.82) is 0 Å². The summed E-state index contributed by atoms with van der Waals surface area (Å²) in [5.74, 6) is 2.25. The smallest absolute Gasteiger partial charge is 0.236 e. The monoisotopic (exact) mass is 408 g/mol. The van der Waals surface area contributed by atoms with Crippen molar-refractivity contribution >= 4 is 17.8 Å². The molecule has 2 saturated heterocycles. The van der Waals surface area contributed by atoms with Crippen LogP contribution in [0.25, 0.3) is 0 Å². The zero-order valence-corrected chi connectivity index (χ0v) is 19.1. The largest absolute Gasteiger partial charge is 0.359 e. The molecular weight excluding hydrogens is 368 g/mol. The Hall–Kier alpha value is -1.83. The topological polar surface area (TPSA) is 80.3 Å². The molecule has 0 spiro atoms. The summed E-state index contributed by atoms with van der Waals surface area (Å²) in [4.78, 5) is 35.6. The average molecular weight is 409 g/mol. The van der Waals surface area contributed by atoms with E-state index in [4.69, 9.17) is 0 Å². The molecule has 0 aromatic rings. The van der Waals surface area contributed by atoms with Crippen molar-refractivity contribution in [2.45, 2.75) is 34.1 Å². The van der Waals surface area contributed by atoms with E-state index in [2.05, 4.69) is 39.3 Å². The molecule has 2 rings (SSSR count). The summed E-state index contributed by atoms with van der Waals surface area (Å²) < 4.78 is 0. The van der Waals surface area contributed by atoms with E-state index in [-0.39, 0.29) is 11.8 Å². The highest BCUT2D eigenvalue weighted by Gasteiger charge is 2.30. The number of amides is 2. The van der Waals surface area contributed by atoms with Gasteiger partial charge in [0.25, 0.3) is 0 Å². The quantitative estimate of drug-likeness (QED) is 0.510. The molecule has 2 fully saturated rings. The van der Waals surface area contributed by atoms with Crippen LogP contribution in [0.3, 0.4) is 0 Å². The van der Waals surface area contributed by atoms with Gasteiger partial charge in [-0.15, -0.1) is 0 Å². The number of aliphatic imine (C=N–C) groups is 1. The van der Waals surface area contributed by atoms with Gasteiger partial charge in [-0.1, -0.05) is 13.8 Å². The summed E-state index contributed by atoms with van der Waals surface area (Å²) in [5.41, 5.74) is -0.512. The van der Waals surface area contributed by atoms with Crippen LogP contribution in [0.2, 0.25) is 0 Å². The van der Waals surface area contributed by atoms with E-state index in [1.54, 1.807) is 14.1 Å². The number of likely N-dealkylation sites (tertiary alicyclic amines) is 1. The van der Waals surface area contributed by atoms with Gasteiger partial charge in [-0.3, -0.25) is 19.5 Å². The third-order valence-corrected chi connectivity index (χ3v) is 5.99. The summed E-state index contributed by atoms with van der Waals surface area (Å²) in [7, 11) is 3.43. The van der Waals surface area contributed by atoms with Crippen LogP contribution in [0.15, 0.2) is 4.99 Å². The minimum Gasteiger partial charge on any atom is -0.359 e. The molecule has 0 aliphatic carbocycles. The van der Waals surface area contributed by atoms with Crippen molar-refractivity contribution in [1.82, 2.24) is 25.3 Å². The second kappa shape index (κ2) is 10.3. The third-order valence-electron chi connectivity index (χ3n) is 5.99. The number of nitrogens with one attached hydrogen (secondary N) is 2. The minimum absolute atomic E-state index is 0.00475. The number of piperazine rings is 1. The molecule has 2 unspecified atom stereocenters. The van der Waals surface area contributed by atoms with Gasteiger partial charge in [0.2, 0.25) is 11.8 Å². The Morgan fingerprint density at radius 1 is 1.03 bits per heavy atom. The number of nitrogens with zero attached hydrogens (tertiary/aromatic N) is 4. The molecule has 8 nitrogen and oxygen atoms in total. The van der Waals surface area contributed by atoms with Gasteiger partial charge in [0.1, 0.15) is 0 Å². The van der Waals surface area contributed by atoms with E-state index in [1.165, 1.54) is 6.42 Å². The van der Waals surface area contributed by atoms with Gasteiger partial charge in [0.05, 0.1) is 12.0 Å². The van der Waals surface area contributed by atoms with Crippen molar-refractivity contribution in [3.8, 4) is 0 Å². The number of carbonyl (C=O) groups excluding carboxylic acids is 2. The van der Waals surface area contributed by atoms with Crippen molar-refractivity contribution in [3.63, 3.8) is 0 Å². The lowest BCUT2D eigenvalue weighted by molar-refractivity contribution is -0.135. The lowest BCUT2D eigenvalue weighted by Crippen LogP contribution is -2.56. The van der Waals surface area contributed by atoms with Crippen molar-refractivity contribution in [2.75, 3.05) is 66.5 Å². The van der Waals surface area contributed by atoms with Crippen LogP contribution in [0.4, 0.5) is 0 Å². The maximum absolute atomic E-state index is 12.7. The SMILES string of the molecule is CN=C(NCC(C)(C)C(=O)NC)N1CCN(CC(=O)N2CC(C)CC(C)C2)CC1. The fourth-order valence-corrected chi connectivity index (χ4v) is 4.33. The molecular formula is C21H40N6O2. The van der Waals surface area contributed by atoms with E-state index in [9.17, 15) is 9.59 Å². The first kappa shape index (κ1) is 23.4. The first-order chi connectivity index (χ1) is 13.7. The van der Waals surface area contributed by atoms with Gasteiger partial charge in [-0.05, 0) is 32.1 Å². The highest BCUT2D eigenvalue weighted by molar-refractivity contribution is 5.84. The fourth-order valence-electron chi connectivity index (χ4n) is 4.33. The first-order valence-corrected chi connectivity index (χ1v) is 10.8. The molecule has 0 bridgehead atoms. The lowest BCUT2D eigenvalue weighted by atomic mass is 9.92. The summed E-state index contributed by atoms with van der Waals surface area (Å²) in [5, 5.41) is 6.04. The third kappa shape index (κ3) is 6.59. The van der Waals surface area contributed by atoms with Gasteiger partial charge in [-0.25, -0.2) is 0 Å². The predicted molar refractivity (Wildman–Crippen MR) is 117 cm³/mol. The van der Waals surface area contributed by atoms with E-state index in [0.717, 1.165) is 45.2 Å². The molecule has 2 amide bonds. The molecule has 0 saturated carbocycles. The molecule has 8 heteroatoms. The van der Waals surface area contributed by atoms with Crippen molar-refractivity contribution in [2.24, 2.45) is 22.2 Å². The number of rotatable bonds is 5. The number of hydrogen-bond acceptors (Lipinski definition) is 4. The molecule has 0 radical (unpaired) electrons. The average Bonchev–Trinajstić information content (AvgIpc) is 2.68. The van der Waals surface area contributed by atoms with Gasteiger partial charge < -0.3 is 20.4 Å². The number of hydrogen-bond donors (Lipinski definition) is 2. The maximum atomic E-state index is 12.7. The molecule has 2 aliphatic rings. The molecule has 29 heavy (non-hydrogen) atoms. The zero-order chi connectivity index (χ0) is 21.6. The molecule has 2 aliphatic heterocycles. The minimum atomic E-state index is -0.512. The van der Waals surface area contributed by atoms with Crippen molar-refractivity contribution < 1.29 is 9.59 Å². The van der Waals surface area contributed by atoms with Gasteiger partial charge in [0.15, 0.2) is 5.96 Å². The van der Waals surface area contributed by atoms with Gasteiger partial charge in [-0.2, -0.15) is 0 Å². The summed E-state index contributed by atoms with van der Waals surface area (Å²) in [6, 6.07) is 0. The molecule has 0 aromatic carbocycles. The first-order valence-electron chi connectivity index (χ1n) is 10.8. The Labute approximate surface area is 176 Å².